The zero-order valence-corrected chi connectivity index (χ0v) is 20.4. The number of morpholine rings is 2. The first kappa shape index (κ1) is 21.2. The van der Waals surface area contributed by atoms with Gasteiger partial charge in [-0.3, -0.25) is 9.80 Å². The minimum absolute atomic E-state index is 0.509. The van der Waals surface area contributed by atoms with Crippen molar-refractivity contribution in [3.8, 4) is 10.6 Å². The number of anilines is 1. The quantitative estimate of drug-likeness (QED) is 0.389. The summed E-state index contributed by atoms with van der Waals surface area (Å²) in [4.78, 5) is 13.9. The van der Waals surface area contributed by atoms with Crippen LogP contribution >= 0.6 is 11.3 Å². The number of hydrogen-bond donors (Lipinski definition) is 0. The monoisotopic (exact) mass is 478 g/mol. The molecule has 0 unspecified atom stereocenters. The fourth-order valence-electron chi connectivity index (χ4n) is 5.96. The van der Waals surface area contributed by atoms with Crippen LogP contribution in [0.2, 0.25) is 0 Å². The molecule has 4 fully saturated rings. The normalized spacial score (nSPS) is 28.2. The van der Waals surface area contributed by atoms with Crippen LogP contribution in [0.1, 0.15) is 0 Å². The molecular weight excluding hydrogens is 446 g/mol. The number of benzene rings is 2. The zero-order valence-electron chi connectivity index (χ0n) is 19.6. The summed E-state index contributed by atoms with van der Waals surface area (Å²) in [5.74, 6) is 0. The first-order valence-corrected chi connectivity index (χ1v) is 13.4. The van der Waals surface area contributed by atoms with E-state index in [1.165, 1.54) is 20.6 Å². The Morgan fingerprint density at radius 1 is 0.882 bits per heavy atom. The average molecular weight is 479 g/mol. The molecule has 0 radical (unpaired) electrons. The smallest absolute Gasteiger partial charge is 0.201 e. The number of rotatable bonds is 1. The molecule has 6 aliphatic rings. The number of aromatic nitrogens is 1. The van der Waals surface area contributed by atoms with Gasteiger partial charge in [0.1, 0.15) is 0 Å². The molecule has 0 spiro atoms. The van der Waals surface area contributed by atoms with E-state index < -0.39 is 0 Å². The number of ether oxygens (including phenoxy) is 2. The van der Waals surface area contributed by atoms with E-state index in [1.807, 2.05) is 11.3 Å². The topological polar surface area (TPSA) is 44.1 Å². The second kappa shape index (κ2) is 8.84. The van der Waals surface area contributed by atoms with Crippen molar-refractivity contribution in [2.45, 2.75) is 12.1 Å². The third-order valence-corrected chi connectivity index (χ3v) is 9.05. The molecule has 0 N–H and O–H groups in total. The molecule has 0 amide bonds. The number of nitrogens with zero attached hydrogens (tertiary/aromatic N) is 5. The Balaban J connectivity index is 1.20. The molecule has 7 rings (SSSR count). The minimum Gasteiger partial charge on any atom is -0.378 e. The maximum Gasteiger partial charge on any atom is 0.201 e. The van der Waals surface area contributed by atoms with Crippen molar-refractivity contribution < 1.29 is 9.47 Å². The van der Waals surface area contributed by atoms with Gasteiger partial charge in [-0.25, -0.2) is 9.56 Å². The van der Waals surface area contributed by atoms with Crippen LogP contribution in [-0.4, -0.2) is 106 Å². The van der Waals surface area contributed by atoms with Crippen LogP contribution in [0, 0.1) is 0 Å². The zero-order chi connectivity index (χ0) is 22.5. The van der Waals surface area contributed by atoms with Gasteiger partial charge < -0.3 is 14.4 Å². The Hall–Kier alpha value is -2.10. The van der Waals surface area contributed by atoms with Crippen molar-refractivity contribution in [1.29, 1.82) is 0 Å². The van der Waals surface area contributed by atoms with Gasteiger partial charge in [-0.05, 0) is 24.3 Å². The Kier molecular flexibility index (Phi) is 5.51. The number of hydrogen-bond acceptors (Lipinski definition) is 7. The predicted octanol–water partition coefficient (Wildman–Crippen LogP) is 1.41. The van der Waals surface area contributed by atoms with Crippen LogP contribution in [0.4, 0.5) is 5.69 Å². The van der Waals surface area contributed by atoms with Crippen molar-refractivity contribution in [1.82, 2.24) is 19.4 Å². The van der Waals surface area contributed by atoms with E-state index in [-0.39, 0.29) is 0 Å². The Bertz CT molecular complexity index is 1250. The molecule has 2 atom stereocenters. The molecule has 4 saturated heterocycles. The third kappa shape index (κ3) is 3.91. The molecule has 5 heterocycles. The summed E-state index contributed by atoms with van der Waals surface area (Å²) in [5.41, 5.74) is 3.47. The van der Waals surface area contributed by atoms with E-state index in [2.05, 4.69) is 55.7 Å². The summed E-state index contributed by atoms with van der Waals surface area (Å²) in [6.07, 6.45) is 0. The molecule has 1 aromatic carbocycles. The molecule has 1 aliphatic carbocycles. The first-order chi connectivity index (χ1) is 16.8. The van der Waals surface area contributed by atoms with Crippen LogP contribution in [0.25, 0.3) is 20.8 Å². The Morgan fingerprint density at radius 2 is 1.74 bits per heavy atom. The summed E-state index contributed by atoms with van der Waals surface area (Å²) in [6, 6.07) is 14.6. The Morgan fingerprint density at radius 3 is 2.65 bits per heavy atom. The summed E-state index contributed by atoms with van der Waals surface area (Å²) >= 11 is 1.87. The highest BCUT2D eigenvalue weighted by molar-refractivity contribution is 7.21. The number of fused-ring (bicyclic) bond motifs is 4. The largest absolute Gasteiger partial charge is 0.378 e. The van der Waals surface area contributed by atoms with Gasteiger partial charge in [0.25, 0.3) is 0 Å². The maximum absolute atomic E-state index is 5.74. The lowest BCUT2D eigenvalue weighted by molar-refractivity contribution is -0.0214. The fraction of sp³-hybridized carbons (Fsp3) is 0.538. The highest BCUT2D eigenvalue weighted by Gasteiger charge is 2.32. The molecule has 5 aliphatic heterocycles. The highest BCUT2D eigenvalue weighted by Crippen LogP contribution is 2.32. The van der Waals surface area contributed by atoms with Crippen molar-refractivity contribution in [2.24, 2.45) is 0 Å². The van der Waals surface area contributed by atoms with Crippen LogP contribution < -0.4 is 14.8 Å². The van der Waals surface area contributed by atoms with Gasteiger partial charge in [0.05, 0.1) is 65.8 Å². The van der Waals surface area contributed by atoms with Gasteiger partial charge >= 0.3 is 0 Å². The van der Waals surface area contributed by atoms with E-state index in [4.69, 9.17) is 14.5 Å². The molecule has 0 aromatic heterocycles. The molecule has 0 bridgehead atoms. The van der Waals surface area contributed by atoms with Gasteiger partial charge in [0.15, 0.2) is 13.1 Å². The molecule has 7 nitrogen and oxygen atoms in total. The van der Waals surface area contributed by atoms with E-state index in [0.717, 1.165) is 90.0 Å². The molecule has 0 saturated carbocycles. The van der Waals surface area contributed by atoms with Gasteiger partial charge in [-0.2, -0.15) is 0 Å². The summed E-state index contributed by atoms with van der Waals surface area (Å²) in [7, 11) is 0. The van der Waals surface area contributed by atoms with Crippen molar-refractivity contribution in [3.63, 3.8) is 0 Å². The average Bonchev–Trinajstić information content (AvgIpc) is 2.90. The summed E-state index contributed by atoms with van der Waals surface area (Å²) < 4.78 is 15.3. The summed E-state index contributed by atoms with van der Waals surface area (Å²) in [6.45, 7) is 12.1. The molecular formula is C26H32N5O2S+. The number of piperazine rings is 2. The van der Waals surface area contributed by atoms with Gasteiger partial charge in [-0.1, -0.05) is 0 Å². The fourth-order valence-corrected chi connectivity index (χ4v) is 6.99. The molecule has 1 aromatic rings. The van der Waals surface area contributed by atoms with Crippen molar-refractivity contribution in [3.05, 3.63) is 41.8 Å². The highest BCUT2D eigenvalue weighted by atomic mass is 32.1. The second-order valence-corrected chi connectivity index (χ2v) is 11.0. The van der Waals surface area contributed by atoms with E-state index >= 15 is 0 Å². The molecule has 178 valence electrons. The van der Waals surface area contributed by atoms with E-state index in [9.17, 15) is 0 Å². The van der Waals surface area contributed by atoms with E-state index in [0.29, 0.717) is 12.1 Å². The van der Waals surface area contributed by atoms with Gasteiger partial charge in [0, 0.05) is 50.5 Å². The maximum atomic E-state index is 5.74. The van der Waals surface area contributed by atoms with E-state index in [1.54, 1.807) is 0 Å². The first-order valence-electron chi connectivity index (χ1n) is 12.6. The molecule has 8 heteroatoms. The predicted molar refractivity (Wildman–Crippen MR) is 136 cm³/mol. The second-order valence-electron chi connectivity index (χ2n) is 9.94. The lowest BCUT2D eigenvalue weighted by Gasteiger charge is -2.44. The van der Waals surface area contributed by atoms with Crippen LogP contribution in [0.3, 0.4) is 0 Å². The van der Waals surface area contributed by atoms with Crippen LogP contribution in [0.5, 0.6) is 0 Å². The lowest BCUT2D eigenvalue weighted by Crippen LogP contribution is -2.58. The van der Waals surface area contributed by atoms with Gasteiger partial charge in [-0.15, -0.1) is 11.3 Å². The minimum atomic E-state index is 0.509. The lowest BCUT2D eigenvalue weighted by atomic mass is 10.1. The van der Waals surface area contributed by atoms with Crippen molar-refractivity contribution in [2.75, 3.05) is 83.7 Å². The summed E-state index contributed by atoms with van der Waals surface area (Å²) in [5, 5.41) is 1.31. The van der Waals surface area contributed by atoms with Gasteiger partial charge in [0.2, 0.25) is 5.36 Å². The van der Waals surface area contributed by atoms with Crippen LogP contribution in [0.15, 0.2) is 36.4 Å². The Labute approximate surface area is 204 Å². The van der Waals surface area contributed by atoms with Crippen LogP contribution in [-0.2, 0) is 9.47 Å². The standard InChI is InChI=1S/C26H32N5O2S/c1-3-23-25(13-19(1)30-7-5-28-9-11-32-17-21(28)15-30)34-26-14-20(2-4-24(26)27-23)31-8-6-29-10-12-33-18-22(29)16-31/h1-4,13-14,21-22H,5-12,15-18H2/q+1/t21-,22-/m0/s1. The van der Waals surface area contributed by atoms with Crippen molar-refractivity contribution >= 4 is 27.2 Å². The molecule has 34 heavy (non-hydrogen) atoms. The SMILES string of the molecule is c1cc2nc3ccc(=[N+]4CCN5CCOC[C@@H]5C4)cc-3sc2cc1N1CCN2CCOC[C@@H]2C1. The third-order valence-electron chi connectivity index (χ3n) is 7.95.